The van der Waals surface area contributed by atoms with Gasteiger partial charge in [-0.05, 0) is 43.2 Å². The van der Waals surface area contributed by atoms with Crippen LogP contribution in [0.4, 0.5) is 0 Å². The number of sulfonamides is 1. The van der Waals surface area contributed by atoms with Crippen LogP contribution in [0.25, 0.3) is 0 Å². The lowest BCUT2D eigenvalue weighted by atomic mass is 9.92. The zero-order chi connectivity index (χ0) is 22.5. The summed E-state index contributed by atoms with van der Waals surface area (Å²) in [7, 11) is -3.85. The minimum Gasteiger partial charge on any atom is -0.287 e. The van der Waals surface area contributed by atoms with E-state index in [2.05, 4.69) is 11.3 Å². The van der Waals surface area contributed by atoms with Crippen molar-refractivity contribution >= 4 is 38.5 Å². The molecular weight excluding hydrogens is 438 g/mol. The lowest BCUT2D eigenvalue weighted by Crippen LogP contribution is -2.37. The number of hydrogen-bond acceptors (Lipinski definition) is 4. The highest BCUT2D eigenvalue weighted by atomic mass is 35.5. The molecule has 4 nitrogen and oxygen atoms in total. The lowest BCUT2D eigenvalue weighted by Gasteiger charge is -2.28. The van der Waals surface area contributed by atoms with Gasteiger partial charge >= 0.3 is 0 Å². The Balaban J connectivity index is 2.49. The molecule has 0 radical (unpaired) electrons. The van der Waals surface area contributed by atoms with Crippen molar-refractivity contribution in [2.45, 2.75) is 49.8 Å². The van der Waals surface area contributed by atoms with Crippen molar-refractivity contribution in [3.8, 4) is 0 Å². The second kappa shape index (κ2) is 10.1. The molecule has 0 fully saturated rings. The van der Waals surface area contributed by atoms with Gasteiger partial charge in [-0.3, -0.25) is 4.79 Å². The predicted molar refractivity (Wildman–Crippen MR) is 126 cm³/mol. The number of nitrogens with one attached hydrogen (secondary N) is 1. The molecule has 2 aromatic carbocycles. The molecule has 2 aromatic rings. The van der Waals surface area contributed by atoms with Crippen LogP contribution in [0.15, 0.2) is 66.1 Å². The van der Waals surface area contributed by atoms with E-state index in [4.69, 9.17) is 11.6 Å². The fraction of sp³-hybridized carbons (Fsp3) is 0.348. The van der Waals surface area contributed by atoms with Crippen LogP contribution in [0.2, 0.25) is 5.02 Å². The van der Waals surface area contributed by atoms with Crippen LogP contribution >= 0.6 is 23.4 Å². The van der Waals surface area contributed by atoms with Crippen molar-refractivity contribution in [2.75, 3.05) is 0 Å². The number of halogens is 1. The maximum absolute atomic E-state index is 13.2. The second-order valence-corrected chi connectivity index (χ2v) is 12.1. The highest BCUT2D eigenvalue weighted by Gasteiger charge is 2.34. The Bertz CT molecular complexity index is 979. The first-order valence-electron chi connectivity index (χ1n) is 9.61. The first-order valence-corrected chi connectivity index (χ1v) is 12.3. The van der Waals surface area contributed by atoms with Crippen molar-refractivity contribution < 1.29 is 13.2 Å². The Hall–Kier alpha value is -1.60. The Kier molecular flexibility index (Phi) is 8.34. The normalized spacial score (nSPS) is 14.2. The van der Waals surface area contributed by atoms with Crippen LogP contribution in [0.1, 0.15) is 44.4 Å². The molecular formula is C23H28ClNO3S2. The number of rotatable bonds is 8. The maximum Gasteiger partial charge on any atom is 0.241 e. The van der Waals surface area contributed by atoms with E-state index in [0.717, 1.165) is 5.56 Å². The van der Waals surface area contributed by atoms with E-state index in [1.165, 1.54) is 11.8 Å². The molecule has 162 valence electrons. The van der Waals surface area contributed by atoms with E-state index >= 15 is 0 Å². The Morgan fingerprint density at radius 1 is 1.13 bits per heavy atom. The smallest absolute Gasteiger partial charge is 0.241 e. The van der Waals surface area contributed by atoms with E-state index in [1.54, 1.807) is 54.6 Å². The zero-order valence-corrected chi connectivity index (χ0v) is 20.1. The topological polar surface area (TPSA) is 63.2 Å². The number of thioether (sulfide) groups is 1. The summed E-state index contributed by atoms with van der Waals surface area (Å²) in [5.74, 6) is -0.617. The number of aryl methyl sites for hydroxylation is 1. The molecule has 0 unspecified atom stereocenters. The number of benzene rings is 2. The summed E-state index contributed by atoms with van der Waals surface area (Å²) in [6, 6.07) is 12.7. The first-order chi connectivity index (χ1) is 13.9. The van der Waals surface area contributed by atoms with Gasteiger partial charge in [0.1, 0.15) is 0 Å². The molecule has 1 N–H and O–H groups in total. The number of carbonyl (C=O) groups excluding carboxylic acids is 1. The molecule has 0 aliphatic carbocycles. The average molecular weight is 466 g/mol. The summed E-state index contributed by atoms with van der Waals surface area (Å²) in [4.78, 5) is 13.3. The Morgan fingerprint density at radius 2 is 1.70 bits per heavy atom. The minimum absolute atomic E-state index is 0.0889. The predicted octanol–water partition coefficient (Wildman–Crippen LogP) is 5.92. The van der Waals surface area contributed by atoms with Crippen LogP contribution < -0.4 is 4.72 Å². The van der Waals surface area contributed by atoms with E-state index in [9.17, 15) is 13.2 Å². The Morgan fingerprint density at radius 3 is 2.20 bits per heavy atom. The highest BCUT2D eigenvalue weighted by Crippen LogP contribution is 2.36. The minimum atomic E-state index is -3.85. The molecule has 0 aliphatic rings. The molecule has 0 saturated heterocycles. The standard InChI is InChI=1S/C23H28ClNO3S2/c1-6-7-20(22(26)29-23(3,4)5)21(17-10-12-18(24)13-11-17)25-30(27,28)19-14-8-16(2)9-15-19/h6,8-15,20-21,25H,1,7H2,2-5H3/t20-,21-/m1/s1. The van der Waals surface area contributed by atoms with Gasteiger partial charge in [0.2, 0.25) is 10.0 Å². The summed E-state index contributed by atoms with van der Waals surface area (Å²) in [5, 5.41) is 0.448. The van der Waals surface area contributed by atoms with Crippen molar-refractivity contribution in [1.29, 1.82) is 0 Å². The van der Waals surface area contributed by atoms with Crippen LogP contribution in [0.5, 0.6) is 0 Å². The average Bonchev–Trinajstić information content (AvgIpc) is 2.64. The largest absolute Gasteiger partial charge is 0.287 e. The van der Waals surface area contributed by atoms with Gasteiger partial charge in [0.25, 0.3) is 0 Å². The molecule has 0 bridgehead atoms. The highest BCUT2D eigenvalue weighted by molar-refractivity contribution is 8.14. The fourth-order valence-corrected chi connectivity index (χ4v) is 5.31. The van der Waals surface area contributed by atoms with Crippen molar-refractivity contribution in [2.24, 2.45) is 5.92 Å². The van der Waals surface area contributed by atoms with Gasteiger partial charge in [-0.2, -0.15) is 0 Å². The zero-order valence-electron chi connectivity index (χ0n) is 17.7. The third-order valence-corrected chi connectivity index (χ3v) is 7.20. The molecule has 30 heavy (non-hydrogen) atoms. The summed E-state index contributed by atoms with van der Waals surface area (Å²) < 4.78 is 28.7. The fourth-order valence-electron chi connectivity index (χ4n) is 2.93. The van der Waals surface area contributed by atoms with Gasteiger partial charge in [0.15, 0.2) is 5.12 Å². The van der Waals surface area contributed by atoms with Crippen LogP contribution in [0.3, 0.4) is 0 Å². The molecule has 0 amide bonds. The molecule has 0 heterocycles. The van der Waals surface area contributed by atoms with Gasteiger partial charge in [-0.1, -0.05) is 80.0 Å². The third-order valence-electron chi connectivity index (χ3n) is 4.38. The maximum atomic E-state index is 13.2. The summed E-state index contributed by atoms with van der Waals surface area (Å²) >= 11 is 7.23. The Labute approximate surface area is 189 Å². The van der Waals surface area contributed by atoms with Crippen LogP contribution in [0, 0.1) is 12.8 Å². The van der Waals surface area contributed by atoms with Crippen LogP contribution in [-0.4, -0.2) is 18.3 Å². The van der Waals surface area contributed by atoms with E-state index in [0.29, 0.717) is 17.0 Å². The van der Waals surface area contributed by atoms with Crippen molar-refractivity contribution in [1.82, 2.24) is 4.72 Å². The number of hydrogen-bond donors (Lipinski definition) is 1. The molecule has 7 heteroatoms. The van der Waals surface area contributed by atoms with Gasteiger partial charge < -0.3 is 0 Å². The van der Waals surface area contributed by atoms with Gasteiger partial charge in [0.05, 0.1) is 16.9 Å². The molecule has 0 aliphatic heterocycles. The van der Waals surface area contributed by atoms with Crippen molar-refractivity contribution in [3.63, 3.8) is 0 Å². The first kappa shape index (κ1) is 24.7. The van der Waals surface area contributed by atoms with Crippen molar-refractivity contribution in [3.05, 3.63) is 77.3 Å². The van der Waals surface area contributed by atoms with Gasteiger partial charge in [-0.15, -0.1) is 6.58 Å². The molecule has 2 rings (SSSR count). The monoisotopic (exact) mass is 465 g/mol. The lowest BCUT2D eigenvalue weighted by molar-refractivity contribution is -0.115. The molecule has 2 atom stereocenters. The van der Waals surface area contributed by atoms with Crippen LogP contribution in [-0.2, 0) is 14.8 Å². The summed E-state index contributed by atoms with van der Waals surface area (Å²) in [6.45, 7) is 11.5. The van der Waals surface area contributed by atoms with E-state index in [-0.39, 0.29) is 14.8 Å². The summed E-state index contributed by atoms with van der Waals surface area (Å²) in [5.41, 5.74) is 1.63. The molecule has 0 saturated carbocycles. The SMILES string of the molecule is C=CC[C@@H](C(=O)SC(C)(C)C)[C@H](NS(=O)(=O)c1ccc(C)cc1)c1ccc(Cl)cc1. The number of allylic oxidation sites excluding steroid dienone is 1. The third kappa shape index (κ3) is 6.98. The number of carbonyl (C=O) groups is 1. The van der Waals surface area contributed by atoms with E-state index < -0.39 is 22.0 Å². The van der Waals surface area contributed by atoms with E-state index in [1.807, 2.05) is 27.7 Å². The molecule has 0 aromatic heterocycles. The van der Waals surface area contributed by atoms with Gasteiger partial charge in [-0.25, -0.2) is 13.1 Å². The van der Waals surface area contributed by atoms with Gasteiger partial charge in [0, 0.05) is 9.77 Å². The second-order valence-electron chi connectivity index (χ2n) is 8.13. The molecule has 0 spiro atoms. The quantitative estimate of drug-likeness (QED) is 0.491. The summed E-state index contributed by atoms with van der Waals surface area (Å²) in [6.07, 6.45) is 1.99.